The highest BCUT2D eigenvalue weighted by Crippen LogP contribution is 2.24. The van der Waals surface area contributed by atoms with Crippen LogP contribution in [0.2, 0.25) is 0 Å². The number of carbonyl (C=O) groups excluding carboxylic acids is 1. The van der Waals surface area contributed by atoms with Gasteiger partial charge in [-0.2, -0.15) is 0 Å². The van der Waals surface area contributed by atoms with Gasteiger partial charge in [-0.1, -0.05) is 6.07 Å². The number of carboxylic acids is 1. The van der Waals surface area contributed by atoms with Gasteiger partial charge in [0.15, 0.2) is 0 Å². The summed E-state index contributed by atoms with van der Waals surface area (Å²) in [6.45, 7) is 0.456. The van der Waals surface area contributed by atoms with Crippen LogP contribution >= 0.6 is 0 Å². The molecule has 6 heteroatoms. The van der Waals surface area contributed by atoms with Crippen molar-refractivity contribution in [2.45, 2.75) is 38.3 Å². The zero-order valence-corrected chi connectivity index (χ0v) is 12.2. The minimum atomic E-state index is -0.730. The molecule has 2 N–H and O–H groups in total. The smallest absolute Gasteiger partial charge is 0.317 e. The van der Waals surface area contributed by atoms with Gasteiger partial charge in [-0.25, -0.2) is 4.79 Å². The van der Waals surface area contributed by atoms with E-state index in [0.717, 1.165) is 18.5 Å². The molecule has 2 amide bonds. The summed E-state index contributed by atoms with van der Waals surface area (Å²) in [6.07, 6.45) is 4.41. The lowest BCUT2D eigenvalue weighted by molar-refractivity contribution is -0.142. The molecule has 0 saturated heterocycles. The Morgan fingerprint density at radius 3 is 2.62 bits per heavy atom. The SMILES string of the molecule is CN(Cc1ccccn1)C(=O)NC1CCC(C(=O)O)CC1. The summed E-state index contributed by atoms with van der Waals surface area (Å²) in [5.41, 5.74) is 0.838. The van der Waals surface area contributed by atoms with Crippen LogP contribution in [-0.2, 0) is 11.3 Å². The molecule has 1 aromatic rings. The second-order valence-corrected chi connectivity index (χ2v) is 5.51. The third kappa shape index (κ3) is 4.44. The van der Waals surface area contributed by atoms with Gasteiger partial charge in [-0.15, -0.1) is 0 Å². The second kappa shape index (κ2) is 7.06. The molecule has 0 aliphatic heterocycles. The Bertz CT molecular complexity index is 484. The average Bonchev–Trinajstić information content (AvgIpc) is 2.48. The van der Waals surface area contributed by atoms with E-state index in [-0.39, 0.29) is 18.0 Å². The Morgan fingerprint density at radius 1 is 1.33 bits per heavy atom. The van der Waals surface area contributed by atoms with Gasteiger partial charge < -0.3 is 15.3 Å². The number of aliphatic carboxylic acids is 1. The fourth-order valence-corrected chi connectivity index (χ4v) is 2.58. The van der Waals surface area contributed by atoms with Crippen molar-refractivity contribution in [3.05, 3.63) is 30.1 Å². The minimum Gasteiger partial charge on any atom is -0.481 e. The van der Waals surface area contributed by atoms with Crippen molar-refractivity contribution in [2.24, 2.45) is 5.92 Å². The van der Waals surface area contributed by atoms with Crippen LogP contribution in [0.4, 0.5) is 4.79 Å². The summed E-state index contributed by atoms with van der Waals surface area (Å²) in [6, 6.07) is 5.53. The molecular formula is C15H21N3O3. The van der Waals surface area contributed by atoms with E-state index in [1.54, 1.807) is 18.1 Å². The number of aromatic nitrogens is 1. The van der Waals surface area contributed by atoms with Gasteiger partial charge in [0.05, 0.1) is 18.2 Å². The maximum atomic E-state index is 12.1. The van der Waals surface area contributed by atoms with Crippen LogP contribution < -0.4 is 5.32 Å². The molecule has 1 heterocycles. The van der Waals surface area contributed by atoms with Gasteiger partial charge >= 0.3 is 12.0 Å². The number of carbonyl (C=O) groups is 2. The first-order valence-electron chi connectivity index (χ1n) is 7.20. The van der Waals surface area contributed by atoms with Crippen molar-refractivity contribution in [3.8, 4) is 0 Å². The van der Waals surface area contributed by atoms with Gasteiger partial charge in [0.1, 0.15) is 0 Å². The Kier molecular flexibility index (Phi) is 5.14. The van der Waals surface area contributed by atoms with Gasteiger partial charge in [0, 0.05) is 19.3 Å². The lowest BCUT2D eigenvalue weighted by Crippen LogP contribution is -2.44. The van der Waals surface area contributed by atoms with Crippen LogP contribution in [0, 0.1) is 5.92 Å². The quantitative estimate of drug-likeness (QED) is 0.887. The number of hydrogen-bond donors (Lipinski definition) is 2. The van der Waals surface area contributed by atoms with Crippen LogP contribution in [0.1, 0.15) is 31.4 Å². The number of rotatable bonds is 4. The van der Waals surface area contributed by atoms with E-state index in [4.69, 9.17) is 5.11 Å². The molecular weight excluding hydrogens is 270 g/mol. The topological polar surface area (TPSA) is 82.5 Å². The third-order valence-electron chi connectivity index (χ3n) is 3.88. The molecule has 21 heavy (non-hydrogen) atoms. The molecule has 0 radical (unpaired) electrons. The summed E-state index contributed by atoms with van der Waals surface area (Å²) in [7, 11) is 1.73. The van der Waals surface area contributed by atoms with Crippen molar-refractivity contribution in [3.63, 3.8) is 0 Å². The van der Waals surface area contributed by atoms with E-state index in [1.165, 1.54) is 0 Å². The van der Waals surface area contributed by atoms with E-state index >= 15 is 0 Å². The van der Waals surface area contributed by atoms with E-state index in [2.05, 4.69) is 10.3 Å². The highest BCUT2D eigenvalue weighted by atomic mass is 16.4. The predicted molar refractivity (Wildman–Crippen MR) is 77.6 cm³/mol. The molecule has 0 bridgehead atoms. The number of carboxylic acid groups (broad SMARTS) is 1. The van der Waals surface area contributed by atoms with Crippen molar-refractivity contribution < 1.29 is 14.7 Å². The lowest BCUT2D eigenvalue weighted by Gasteiger charge is -2.28. The van der Waals surface area contributed by atoms with E-state index in [0.29, 0.717) is 19.4 Å². The molecule has 1 aliphatic carbocycles. The third-order valence-corrected chi connectivity index (χ3v) is 3.88. The van der Waals surface area contributed by atoms with Crippen molar-refractivity contribution in [1.82, 2.24) is 15.2 Å². The molecule has 114 valence electrons. The van der Waals surface area contributed by atoms with Gasteiger partial charge in [0.2, 0.25) is 0 Å². The zero-order valence-electron chi connectivity index (χ0n) is 12.2. The largest absolute Gasteiger partial charge is 0.481 e. The Labute approximate surface area is 124 Å². The average molecular weight is 291 g/mol. The summed E-state index contributed by atoms with van der Waals surface area (Å²) < 4.78 is 0. The van der Waals surface area contributed by atoms with Crippen LogP contribution in [0.3, 0.4) is 0 Å². The van der Waals surface area contributed by atoms with Crippen molar-refractivity contribution >= 4 is 12.0 Å². The van der Waals surface area contributed by atoms with Gasteiger partial charge in [0.25, 0.3) is 0 Å². The Hall–Kier alpha value is -2.11. The fraction of sp³-hybridized carbons (Fsp3) is 0.533. The highest BCUT2D eigenvalue weighted by Gasteiger charge is 2.27. The molecule has 0 atom stereocenters. The number of pyridine rings is 1. The standard InChI is InChI=1S/C15H21N3O3/c1-18(10-13-4-2-3-9-16-13)15(21)17-12-7-5-11(6-8-12)14(19)20/h2-4,9,11-12H,5-8,10H2,1H3,(H,17,21)(H,19,20). The molecule has 6 nitrogen and oxygen atoms in total. The first kappa shape index (κ1) is 15.3. The molecule has 1 aromatic heterocycles. The molecule has 2 rings (SSSR count). The van der Waals surface area contributed by atoms with Gasteiger partial charge in [-0.05, 0) is 37.8 Å². The zero-order chi connectivity index (χ0) is 15.2. The number of amides is 2. The highest BCUT2D eigenvalue weighted by molar-refractivity contribution is 5.74. The van der Waals surface area contributed by atoms with E-state index in [9.17, 15) is 9.59 Å². The maximum Gasteiger partial charge on any atom is 0.317 e. The summed E-state index contributed by atoms with van der Waals surface area (Å²) in [4.78, 5) is 28.8. The first-order valence-corrected chi connectivity index (χ1v) is 7.20. The summed E-state index contributed by atoms with van der Waals surface area (Å²) in [5, 5.41) is 11.9. The molecule has 1 fully saturated rings. The second-order valence-electron chi connectivity index (χ2n) is 5.51. The molecule has 0 unspecified atom stereocenters. The van der Waals surface area contributed by atoms with Crippen LogP contribution in [-0.4, -0.2) is 40.1 Å². The Morgan fingerprint density at radius 2 is 2.05 bits per heavy atom. The molecule has 0 spiro atoms. The summed E-state index contributed by atoms with van der Waals surface area (Å²) in [5.74, 6) is -0.989. The number of nitrogens with one attached hydrogen (secondary N) is 1. The number of hydrogen-bond acceptors (Lipinski definition) is 3. The minimum absolute atomic E-state index is 0.0688. The normalized spacial score (nSPS) is 21.6. The monoisotopic (exact) mass is 291 g/mol. The van der Waals surface area contributed by atoms with Crippen LogP contribution in [0.25, 0.3) is 0 Å². The fourth-order valence-electron chi connectivity index (χ4n) is 2.58. The number of urea groups is 1. The van der Waals surface area contributed by atoms with Gasteiger partial charge in [-0.3, -0.25) is 9.78 Å². The van der Waals surface area contributed by atoms with Crippen LogP contribution in [0.5, 0.6) is 0 Å². The Balaban J connectivity index is 1.78. The van der Waals surface area contributed by atoms with Crippen LogP contribution in [0.15, 0.2) is 24.4 Å². The van der Waals surface area contributed by atoms with E-state index < -0.39 is 5.97 Å². The first-order chi connectivity index (χ1) is 10.1. The lowest BCUT2D eigenvalue weighted by atomic mass is 9.86. The van der Waals surface area contributed by atoms with Crippen molar-refractivity contribution in [2.75, 3.05) is 7.05 Å². The predicted octanol–water partition coefficient (Wildman–Crippen LogP) is 1.87. The van der Waals surface area contributed by atoms with Crippen molar-refractivity contribution in [1.29, 1.82) is 0 Å². The summed E-state index contributed by atoms with van der Waals surface area (Å²) >= 11 is 0. The maximum absolute atomic E-state index is 12.1. The molecule has 1 aliphatic rings. The molecule has 1 saturated carbocycles. The number of nitrogens with zero attached hydrogens (tertiary/aromatic N) is 2. The molecule has 0 aromatic carbocycles. The van der Waals surface area contributed by atoms with E-state index in [1.807, 2.05) is 18.2 Å².